The minimum absolute atomic E-state index is 0.0314. The Bertz CT molecular complexity index is 1340. The lowest BCUT2D eigenvalue weighted by molar-refractivity contribution is -0.137. The van der Waals surface area contributed by atoms with Crippen molar-refractivity contribution in [1.82, 2.24) is 5.01 Å². The monoisotopic (exact) mass is 639 g/mol. The van der Waals surface area contributed by atoms with Crippen molar-refractivity contribution >= 4 is 56.8 Å². The Morgan fingerprint density at radius 3 is 2.46 bits per heavy atom. The fourth-order valence-corrected chi connectivity index (χ4v) is 5.87. The Kier molecular flexibility index (Phi) is 9.31. The number of halogens is 5. The SMILES string of the molecule is COCCSN(C(=O)CN1CC(C)(c2ccccc2)C(c2ccc(C(F)(F)F)c(Cl)c2)=N1)c1ccc(Br)cc1. The molecule has 5 nitrogen and oxygen atoms in total. The molecule has 3 aromatic carbocycles. The number of ether oxygens (including phenoxy) is 1. The average Bonchev–Trinajstić information content (AvgIpc) is 3.24. The molecule has 206 valence electrons. The maximum atomic E-state index is 13.6. The van der Waals surface area contributed by atoms with Crippen LogP contribution in [0.3, 0.4) is 0 Å². The number of alkyl halides is 3. The summed E-state index contributed by atoms with van der Waals surface area (Å²) in [5.41, 5.74) is 1.05. The summed E-state index contributed by atoms with van der Waals surface area (Å²) in [5, 5.41) is 6.03. The van der Waals surface area contributed by atoms with Crippen molar-refractivity contribution in [2.45, 2.75) is 18.5 Å². The lowest BCUT2D eigenvalue weighted by Gasteiger charge is -2.28. The quantitative estimate of drug-likeness (QED) is 0.180. The van der Waals surface area contributed by atoms with Gasteiger partial charge in [-0.2, -0.15) is 18.3 Å². The van der Waals surface area contributed by atoms with Gasteiger partial charge in [0, 0.05) is 22.9 Å². The maximum absolute atomic E-state index is 13.6. The molecule has 0 aliphatic carbocycles. The highest BCUT2D eigenvalue weighted by Gasteiger charge is 2.42. The number of anilines is 1. The largest absolute Gasteiger partial charge is 0.417 e. The second-order valence-electron chi connectivity index (χ2n) is 9.15. The van der Waals surface area contributed by atoms with E-state index in [9.17, 15) is 18.0 Å². The summed E-state index contributed by atoms with van der Waals surface area (Å²) < 4.78 is 47.7. The highest BCUT2D eigenvalue weighted by molar-refractivity contribution is 9.10. The zero-order chi connectivity index (χ0) is 28.2. The molecular weight excluding hydrogens is 615 g/mol. The van der Waals surface area contributed by atoms with E-state index in [-0.39, 0.29) is 12.5 Å². The van der Waals surface area contributed by atoms with Crippen molar-refractivity contribution < 1.29 is 22.7 Å². The molecule has 1 amide bonds. The second kappa shape index (κ2) is 12.3. The van der Waals surface area contributed by atoms with Crippen LogP contribution in [0.1, 0.15) is 23.6 Å². The minimum Gasteiger partial charge on any atom is -0.384 e. The summed E-state index contributed by atoms with van der Waals surface area (Å²) >= 11 is 10.8. The molecule has 3 aromatic rings. The normalized spacial score (nSPS) is 17.3. The van der Waals surface area contributed by atoms with Crippen LogP contribution in [0.4, 0.5) is 18.9 Å². The number of rotatable bonds is 9. The van der Waals surface area contributed by atoms with E-state index in [0.29, 0.717) is 35.9 Å². The molecule has 0 saturated heterocycles. The van der Waals surface area contributed by atoms with E-state index in [1.54, 1.807) is 16.4 Å². The van der Waals surface area contributed by atoms with Gasteiger partial charge in [0.15, 0.2) is 0 Å². The lowest BCUT2D eigenvalue weighted by atomic mass is 9.76. The molecule has 0 bridgehead atoms. The first-order chi connectivity index (χ1) is 18.5. The molecule has 0 fully saturated rings. The van der Waals surface area contributed by atoms with Gasteiger partial charge >= 0.3 is 6.18 Å². The molecule has 0 saturated carbocycles. The third-order valence-corrected chi connectivity index (χ3v) is 8.20. The second-order valence-corrected chi connectivity index (χ2v) is 11.5. The number of methoxy groups -OCH3 is 1. The van der Waals surface area contributed by atoms with Gasteiger partial charge in [-0.05, 0) is 60.8 Å². The summed E-state index contributed by atoms with van der Waals surface area (Å²) in [5.74, 6) is 0.378. The fourth-order valence-electron chi connectivity index (χ4n) is 4.42. The summed E-state index contributed by atoms with van der Waals surface area (Å²) in [6.45, 7) is 2.76. The number of hydrogen-bond acceptors (Lipinski definition) is 5. The predicted octanol–water partition coefficient (Wildman–Crippen LogP) is 7.43. The highest BCUT2D eigenvalue weighted by atomic mass is 79.9. The van der Waals surface area contributed by atoms with Crippen molar-refractivity contribution in [3.63, 3.8) is 0 Å². The Labute approximate surface area is 243 Å². The molecule has 1 aliphatic heterocycles. The van der Waals surface area contributed by atoms with E-state index >= 15 is 0 Å². The van der Waals surface area contributed by atoms with Crippen molar-refractivity contribution in [3.05, 3.63) is 99.0 Å². The van der Waals surface area contributed by atoms with Gasteiger partial charge in [-0.1, -0.05) is 63.9 Å². The maximum Gasteiger partial charge on any atom is 0.417 e. The number of hydrogen-bond donors (Lipinski definition) is 0. The molecule has 1 atom stereocenters. The van der Waals surface area contributed by atoms with Crippen molar-refractivity contribution in [1.29, 1.82) is 0 Å². The third kappa shape index (κ3) is 6.80. The number of benzene rings is 3. The van der Waals surface area contributed by atoms with Crippen molar-refractivity contribution in [2.24, 2.45) is 5.10 Å². The zero-order valence-electron chi connectivity index (χ0n) is 21.2. The van der Waals surface area contributed by atoms with Crippen LogP contribution in [0.5, 0.6) is 0 Å². The van der Waals surface area contributed by atoms with Crippen LogP contribution in [-0.4, -0.2) is 49.2 Å². The van der Waals surface area contributed by atoms with Crippen molar-refractivity contribution in [3.8, 4) is 0 Å². The molecule has 0 spiro atoms. The van der Waals surface area contributed by atoms with E-state index in [4.69, 9.17) is 21.4 Å². The van der Waals surface area contributed by atoms with Crippen LogP contribution < -0.4 is 4.31 Å². The van der Waals surface area contributed by atoms with Crippen LogP contribution in [0.25, 0.3) is 0 Å². The average molecular weight is 641 g/mol. The van der Waals surface area contributed by atoms with E-state index in [0.717, 1.165) is 16.1 Å². The zero-order valence-corrected chi connectivity index (χ0v) is 24.4. The van der Waals surface area contributed by atoms with E-state index in [1.165, 1.54) is 24.1 Å². The standard InChI is InChI=1S/C28H26BrClF3N3O2S/c1-27(20-6-4-3-5-7-20)18-35(34-26(27)19-8-13-23(24(30)16-19)28(31,32)33)17-25(37)36(39-15-14-38-2)22-11-9-21(29)10-12-22/h3-13,16H,14-15,17-18H2,1-2H3. The highest BCUT2D eigenvalue weighted by Crippen LogP contribution is 2.39. The van der Waals surface area contributed by atoms with Gasteiger partial charge < -0.3 is 4.74 Å². The van der Waals surface area contributed by atoms with E-state index in [2.05, 4.69) is 15.9 Å². The van der Waals surface area contributed by atoms with Crippen LogP contribution >= 0.6 is 39.5 Å². The minimum atomic E-state index is -4.56. The number of hydrazone groups is 1. The van der Waals surface area contributed by atoms with Crippen LogP contribution in [0.2, 0.25) is 5.02 Å². The number of amides is 1. The summed E-state index contributed by atoms with van der Waals surface area (Å²) in [6.07, 6.45) is -4.56. The molecule has 1 heterocycles. The molecule has 4 rings (SSSR count). The van der Waals surface area contributed by atoms with E-state index < -0.39 is 22.2 Å². The molecule has 0 aromatic heterocycles. The Morgan fingerprint density at radius 1 is 1.15 bits per heavy atom. The summed E-state index contributed by atoms with van der Waals surface area (Å²) in [6, 6.07) is 20.6. The van der Waals surface area contributed by atoms with Gasteiger partial charge in [-0.25, -0.2) is 0 Å². The summed E-state index contributed by atoms with van der Waals surface area (Å²) in [7, 11) is 1.60. The summed E-state index contributed by atoms with van der Waals surface area (Å²) in [4.78, 5) is 13.6. The predicted molar refractivity (Wildman–Crippen MR) is 154 cm³/mol. The molecule has 0 N–H and O–H groups in total. The topological polar surface area (TPSA) is 45.1 Å². The number of carbonyl (C=O) groups excluding carboxylic acids is 1. The number of carbonyl (C=O) groups is 1. The molecule has 0 radical (unpaired) electrons. The van der Waals surface area contributed by atoms with Crippen LogP contribution in [0.15, 0.2) is 82.4 Å². The van der Waals surface area contributed by atoms with E-state index in [1.807, 2.05) is 61.5 Å². The van der Waals surface area contributed by atoms with Gasteiger partial charge in [-0.15, -0.1) is 0 Å². The van der Waals surface area contributed by atoms with Gasteiger partial charge in [0.05, 0.1) is 40.6 Å². The van der Waals surface area contributed by atoms with Gasteiger partial charge in [0.2, 0.25) is 0 Å². The first-order valence-corrected chi connectivity index (χ1v) is 14.1. The van der Waals surface area contributed by atoms with Gasteiger partial charge in [0.1, 0.15) is 6.54 Å². The molecule has 11 heteroatoms. The Morgan fingerprint density at radius 2 is 1.85 bits per heavy atom. The molecule has 1 unspecified atom stereocenters. The first kappa shape index (κ1) is 29.5. The van der Waals surface area contributed by atoms with Crippen LogP contribution in [-0.2, 0) is 21.1 Å². The molecular formula is C28H26BrClF3N3O2S. The fraction of sp³-hybridized carbons (Fsp3) is 0.286. The van der Waals surface area contributed by atoms with Gasteiger partial charge in [0.25, 0.3) is 5.91 Å². The van der Waals surface area contributed by atoms with Crippen molar-refractivity contribution in [2.75, 3.05) is 36.9 Å². The number of nitrogens with zero attached hydrogens (tertiary/aromatic N) is 3. The smallest absolute Gasteiger partial charge is 0.384 e. The first-order valence-electron chi connectivity index (χ1n) is 12.0. The Balaban J connectivity index is 1.67. The molecule has 1 aliphatic rings. The van der Waals surface area contributed by atoms with Gasteiger partial charge in [-0.3, -0.25) is 14.1 Å². The lowest BCUT2D eigenvalue weighted by Crippen LogP contribution is -2.39. The third-order valence-electron chi connectivity index (χ3n) is 6.33. The molecule has 39 heavy (non-hydrogen) atoms. The Hall–Kier alpha value is -2.53. The van der Waals surface area contributed by atoms with Crippen LogP contribution in [0, 0.1) is 0 Å².